The fraction of sp³-hybridized carbons (Fsp3) is 0.231. The fourth-order valence-corrected chi connectivity index (χ4v) is 4.58. The van der Waals surface area contributed by atoms with Gasteiger partial charge in [-0.25, -0.2) is 4.99 Å². The van der Waals surface area contributed by atoms with Crippen molar-refractivity contribution in [3.63, 3.8) is 0 Å². The standard InChI is InChI=1S/C26H27N3O3S/c1-4-32-15-14-28-25(30)24(33-26(28)27-21-8-6-5-7-9-21)17-20-16-19(2)29(18-20)22-10-12-23(31-3)13-11-22/h5-13,16-18H,4,14-15H2,1-3H3/b24-17+,27-26?. The minimum absolute atomic E-state index is 0.0516. The van der Waals surface area contributed by atoms with Crippen molar-refractivity contribution in [2.75, 3.05) is 26.9 Å². The van der Waals surface area contributed by atoms with Crippen LogP contribution in [0, 0.1) is 6.92 Å². The Labute approximate surface area is 198 Å². The summed E-state index contributed by atoms with van der Waals surface area (Å²) in [5.74, 6) is 0.764. The minimum atomic E-state index is -0.0516. The van der Waals surface area contributed by atoms with E-state index in [9.17, 15) is 4.79 Å². The molecule has 1 aromatic heterocycles. The number of hydrogen-bond acceptors (Lipinski definition) is 5. The third-order valence-corrected chi connectivity index (χ3v) is 6.22. The molecule has 0 saturated carbocycles. The number of rotatable bonds is 8. The van der Waals surface area contributed by atoms with Crippen molar-refractivity contribution in [2.45, 2.75) is 13.8 Å². The van der Waals surface area contributed by atoms with Gasteiger partial charge < -0.3 is 14.0 Å². The average molecular weight is 462 g/mol. The van der Waals surface area contributed by atoms with Crippen molar-refractivity contribution >= 4 is 34.6 Å². The van der Waals surface area contributed by atoms with E-state index in [0.29, 0.717) is 29.8 Å². The minimum Gasteiger partial charge on any atom is -0.497 e. The fourth-order valence-electron chi connectivity index (χ4n) is 3.55. The van der Waals surface area contributed by atoms with Crippen LogP contribution in [0.5, 0.6) is 5.75 Å². The van der Waals surface area contributed by atoms with Crippen LogP contribution in [0.15, 0.2) is 76.8 Å². The molecule has 1 aliphatic heterocycles. The molecule has 0 unspecified atom stereocenters. The lowest BCUT2D eigenvalue weighted by molar-refractivity contribution is -0.122. The summed E-state index contributed by atoms with van der Waals surface area (Å²) >= 11 is 1.40. The van der Waals surface area contributed by atoms with Crippen molar-refractivity contribution in [1.29, 1.82) is 0 Å². The van der Waals surface area contributed by atoms with E-state index in [1.807, 2.05) is 80.7 Å². The maximum Gasteiger partial charge on any atom is 0.266 e. The van der Waals surface area contributed by atoms with E-state index in [1.165, 1.54) is 11.8 Å². The molecule has 0 bridgehead atoms. The number of methoxy groups -OCH3 is 1. The summed E-state index contributed by atoms with van der Waals surface area (Å²) in [7, 11) is 1.66. The van der Waals surface area contributed by atoms with Gasteiger partial charge in [0, 0.05) is 24.2 Å². The van der Waals surface area contributed by atoms with E-state index in [4.69, 9.17) is 14.5 Å². The van der Waals surface area contributed by atoms with Crippen LogP contribution < -0.4 is 4.74 Å². The van der Waals surface area contributed by atoms with Crippen LogP contribution in [0.25, 0.3) is 11.8 Å². The van der Waals surface area contributed by atoms with E-state index in [2.05, 4.69) is 10.6 Å². The molecule has 1 saturated heterocycles. The highest BCUT2D eigenvalue weighted by Crippen LogP contribution is 2.34. The number of amidine groups is 1. The van der Waals surface area contributed by atoms with E-state index >= 15 is 0 Å². The summed E-state index contributed by atoms with van der Waals surface area (Å²) in [6.45, 7) is 5.54. The van der Waals surface area contributed by atoms with Crippen molar-refractivity contribution in [2.24, 2.45) is 4.99 Å². The van der Waals surface area contributed by atoms with Gasteiger partial charge in [0.1, 0.15) is 5.75 Å². The van der Waals surface area contributed by atoms with Gasteiger partial charge in [-0.1, -0.05) is 18.2 Å². The van der Waals surface area contributed by atoms with Gasteiger partial charge in [-0.2, -0.15) is 0 Å². The van der Waals surface area contributed by atoms with E-state index in [1.54, 1.807) is 12.0 Å². The van der Waals surface area contributed by atoms with Gasteiger partial charge in [0.2, 0.25) is 0 Å². The number of nitrogens with zero attached hydrogens (tertiary/aromatic N) is 3. The first kappa shape index (κ1) is 22.9. The molecule has 0 aliphatic carbocycles. The maximum absolute atomic E-state index is 13.2. The molecule has 1 amide bonds. The number of thioether (sulfide) groups is 1. The first-order valence-electron chi connectivity index (χ1n) is 10.9. The lowest BCUT2D eigenvalue weighted by Crippen LogP contribution is -2.32. The molecule has 1 aliphatic rings. The monoisotopic (exact) mass is 461 g/mol. The average Bonchev–Trinajstić information content (AvgIpc) is 3.34. The topological polar surface area (TPSA) is 56.1 Å². The second-order valence-electron chi connectivity index (χ2n) is 7.48. The number of carbonyl (C=O) groups is 1. The Morgan fingerprint density at radius 1 is 1.09 bits per heavy atom. The van der Waals surface area contributed by atoms with Crippen LogP contribution in [0.3, 0.4) is 0 Å². The Morgan fingerprint density at radius 2 is 1.85 bits per heavy atom. The van der Waals surface area contributed by atoms with Gasteiger partial charge in [0.05, 0.1) is 30.9 Å². The molecule has 7 heteroatoms. The number of aromatic nitrogens is 1. The van der Waals surface area contributed by atoms with Gasteiger partial charge in [0.25, 0.3) is 5.91 Å². The molecule has 6 nitrogen and oxygen atoms in total. The Morgan fingerprint density at radius 3 is 2.55 bits per heavy atom. The molecular weight excluding hydrogens is 434 g/mol. The Hall–Kier alpha value is -3.29. The van der Waals surface area contributed by atoms with Crippen molar-refractivity contribution in [3.8, 4) is 11.4 Å². The first-order valence-corrected chi connectivity index (χ1v) is 11.7. The van der Waals surface area contributed by atoms with Crippen LogP contribution in [-0.4, -0.2) is 47.4 Å². The number of carbonyl (C=O) groups excluding carboxylic acids is 1. The van der Waals surface area contributed by atoms with Gasteiger partial charge >= 0.3 is 0 Å². The zero-order valence-electron chi connectivity index (χ0n) is 19.0. The summed E-state index contributed by atoms with van der Waals surface area (Å²) < 4.78 is 12.8. The van der Waals surface area contributed by atoms with Crippen LogP contribution in [0.2, 0.25) is 0 Å². The molecule has 3 aromatic rings. The summed E-state index contributed by atoms with van der Waals surface area (Å²) in [5.41, 5.74) is 3.89. The lowest BCUT2D eigenvalue weighted by Gasteiger charge is -2.15. The molecular formula is C26H27N3O3S. The Balaban J connectivity index is 1.62. The molecule has 0 N–H and O–H groups in total. The molecule has 33 heavy (non-hydrogen) atoms. The molecule has 2 aromatic carbocycles. The summed E-state index contributed by atoms with van der Waals surface area (Å²) in [6.07, 6.45) is 3.97. The molecule has 4 rings (SSSR count). The normalized spacial score (nSPS) is 16.2. The van der Waals surface area contributed by atoms with Crippen molar-refractivity contribution in [1.82, 2.24) is 9.47 Å². The van der Waals surface area contributed by atoms with Crippen LogP contribution in [-0.2, 0) is 9.53 Å². The molecule has 0 radical (unpaired) electrons. The third kappa shape index (κ3) is 5.38. The summed E-state index contributed by atoms with van der Waals surface area (Å²) in [4.78, 5) is 20.3. The van der Waals surface area contributed by atoms with E-state index in [0.717, 1.165) is 28.4 Å². The Bertz CT molecular complexity index is 1170. The molecule has 0 atom stereocenters. The zero-order chi connectivity index (χ0) is 23.2. The molecule has 2 heterocycles. The largest absolute Gasteiger partial charge is 0.497 e. The van der Waals surface area contributed by atoms with Gasteiger partial charge in [-0.3, -0.25) is 9.69 Å². The number of benzene rings is 2. The lowest BCUT2D eigenvalue weighted by atomic mass is 10.3. The van der Waals surface area contributed by atoms with E-state index in [-0.39, 0.29) is 5.91 Å². The van der Waals surface area contributed by atoms with Crippen molar-refractivity contribution < 1.29 is 14.3 Å². The van der Waals surface area contributed by atoms with E-state index < -0.39 is 0 Å². The predicted molar refractivity (Wildman–Crippen MR) is 134 cm³/mol. The third-order valence-electron chi connectivity index (χ3n) is 5.21. The quantitative estimate of drug-likeness (QED) is 0.331. The zero-order valence-corrected chi connectivity index (χ0v) is 19.8. The molecule has 170 valence electrons. The highest BCUT2D eigenvalue weighted by Gasteiger charge is 2.33. The number of ether oxygens (including phenoxy) is 2. The highest BCUT2D eigenvalue weighted by molar-refractivity contribution is 8.18. The molecule has 0 spiro atoms. The Kier molecular flexibility index (Phi) is 7.32. The summed E-state index contributed by atoms with van der Waals surface area (Å²) in [6, 6.07) is 19.7. The number of para-hydroxylation sites is 1. The second kappa shape index (κ2) is 10.6. The van der Waals surface area contributed by atoms with Crippen molar-refractivity contribution in [3.05, 3.63) is 83.0 Å². The maximum atomic E-state index is 13.2. The second-order valence-corrected chi connectivity index (χ2v) is 8.49. The smallest absolute Gasteiger partial charge is 0.266 e. The predicted octanol–water partition coefficient (Wildman–Crippen LogP) is 5.43. The van der Waals surface area contributed by atoms with Crippen LogP contribution >= 0.6 is 11.8 Å². The number of aliphatic imine (C=N–C) groups is 1. The van der Waals surface area contributed by atoms with Crippen LogP contribution in [0.1, 0.15) is 18.2 Å². The van der Waals surface area contributed by atoms with Gasteiger partial charge in [-0.15, -0.1) is 0 Å². The first-order chi connectivity index (χ1) is 16.1. The van der Waals surface area contributed by atoms with Gasteiger partial charge in [-0.05, 0) is 79.7 Å². The SMILES string of the molecule is CCOCCN1C(=O)/C(=C\c2cc(C)n(-c3ccc(OC)cc3)c2)SC1=Nc1ccccc1. The highest BCUT2D eigenvalue weighted by atomic mass is 32.2. The van der Waals surface area contributed by atoms with Gasteiger partial charge in [0.15, 0.2) is 5.17 Å². The molecule has 1 fully saturated rings. The number of aryl methyl sites for hydroxylation is 1. The number of hydrogen-bond donors (Lipinski definition) is 0. The number of amides is 1. The summed E-state index contributed by atoms with van der Waals surface area (Å²) in [5, 5.41) is 0.670. The van der Waals surface area contributed by atoms with Crippen LogP contribution in [0.4, 0.5) is 5.69 Å².